The maximum absolute atomic E-state index is 8.00. The number of hydrogen-bond acceptors (Lipinski definition) is 2. The van der Waals surface area contributed by atoms with Crippen molar-refractivity contribution >= 4 is 6.79 Å². The Morgan fingerprint density at radius 2 is 1.35 bits per heavy atom. The molecule has 2 rings (SSSR count). The summed E-state index contributed by atoms with van der Waals surface area (Å²) >= 11 is 0. The lowest BCUT2D eigenvalue weighted by Gasteiger charge is -2.17. The van der Waals surface area contributed by atoms with E-state index in [1.165, 1.54) is 37.1 Å². The number of nitrogens with one attached hydrogen (secondary N) is 1. The Hall–Kier alpha value is -1.15. The van der Waals surface area contributed by atoms with E-state index in [1.807, 2.05) is 6.79 Å². The van der Waals surface area contributed by atoms with Gasteiger partial charge in [-0.25, -0.2) is 0 Å². The van der Waals surface area contributed by atoms with E-state index < -0.39 is 0 Å². The Morgan fingerprint density at radius 3 is 1.59 bits per heavy atom. The Kier molecular flexibility index (Phi) is 9.35. The SMILES string of the molecule is C=O.CC1CCNCC1.Cc1ccc(C)cc1. The molecule has 96 valence electrons. The van der Waals surface area contributed by atoms with Gasteiger partial charge in [-0.05, 0) is 45.7 Å². The van der Waals surface area contributed by atoms with Gasteiger partial charge in [0.25, 0.3) is 0 Å². The fourth-order valence-electron chi connectivity index (χ4n) is 1.60. The summed E-state index contributed by atoms with van der Waals surface area (Å²) in [6, 6.07) is 8.48. The molecule has 0 radical (unpaired) electrons. The van der Waals surface area contributed by atoms with Crippen LogP contribution < -0.4 is 5.32 Å². The normalized spacial score (nSPS) is 15.0. The molecule has 0 saturated carbocycles. The lowest BCUT2D eigenvalue weighted by molar-refractivity contribution is -0.0979. The smallest absolute Gasteiger partial charge is 0.106 e. The second-order valence-corrected chi connectivity index (χ2v) is 4.59. The lowest BCUT2D eigenvalue weighted by atomic mass is 10.0. The molecule has 0 atom stereocenters. The van der Waals surface area contributed by atoms with E-state index in [4.69, 9.17) is 4.79 Å². The molecule has 1 saturated heterocycles. The van der Waals surface area contributed by atoms with Crippen LogP contribution in [0.2, 0.25) is 0 Å². The molecule has 1 fully saturated rings. The molecule has 1 aromatic carbocycles. The summed E-state index contributed by atoms with van der Waals surface area (Å²) in [5.41, 5.74) is 2.66. The number of carbonyl (C=O) groups is 1. The Labute approximate surface area is 105 Å². The van der Waals surface area contributed by atoms with Gasteiger partial charge in [0.2, 0.25) is 0 Å². The first-order valence-electron chi connectivity index (χ1n) is 6.21. The fraction of sp³-hybridized carbons (Fsp3) is 0.533. The van der Waals surface area contributed by atoms with Crippen LogP contribution in [0.25, 0.3) is 0 Å². The van der Waals surface area contributed by atoms with E-state index in [0.717, 1.165) is 5.92 Å². The molecule has 1 aliphatic rings. The van der Waals surface area contributed by atoms with Gasteiger partial charge in [0.05, 0.1) is 0 Å². The topological polar surface area (TPSA) is 29.1 Å². The minimum atomic E-state index is 0.973. The first-order chi connectivity index (χ1) is 8.18. The van der Waals surface area contributed by atoms with E-state index in [9.17, 15) is 0 Å². The first kappa shape index (κ1) is 15.9. The van der Waals surface area contributed by atoms with E-state index in [0.29, 0.717) is 0 Å². The van der Waals surface area contributed by atoms with Gasteiger partial charge in [0.1, 0.15) is 6.79 Å². The van der Waals surface area contributed by atoms with Crippen LogP contribution in [0.15, 0.2) is 24.3 Å². The second-order valence-electron chi connectivity index (χ2n) is 4.59. The maximum atomic E-state index is 8.00. The van der Waals surface area contributed by atoms with Crippen molar-refractivity contribution in [3.63, 3.8) is 0 Å². The van der Waals surface area contributed by atoms with Crippen molar-refractivity contribution in [3.8, 4) is 0 Å². The zero-order valence-corrected chi connectivity index (χ0v) is 11.3. The van der Waals surface area contributed by atoms with Crippen LogP contribution in [-0.2, 0) is 4.79 Å². The third-order valence-corrected chi connectivity index (χ3v) is 2.85. The van der Waals surface area contributed by atoms with Crippen molar-refractivity contribution < 1.29 is 4.79 Å². The zero-order chi connectivity index (χ0) is 13.1. The van der Waals surface area contributed by atoms with Crippen LogP contribution in [0.5, 0.6) is 0 Å². The van der Waals surface area contributed by atoms with Crippen molar-refractivity contribution in [1.82, 2.24) is 5.32 Å². The van der Waals surface area contributed by atoms with Crippen molar-refractivity contribution in [2.24, 2.45) is 5.92 Å². The number of aryl methyl sites for hydroxylation is 2. The number of piperidine rings is 1. The molecule has 1 N–H and O–H groups in total. The van der Waals surface area contributed by atoms with Crippen LogP contribution in [0.4, 0.5) is 0 Å². The summed E-state index contributed by atoms with van der Waals surface area (Å²) in [5, 5.41) is 3.32. The van der Waals surface area contributed by atoms with E-state index in [1.54, 1.807) is 0 Å². The number of carbonyl (C=O) groups excluding carboxylic acids is 1. The predicted octanol–water partition coefficient (Wildman–Crippen LogP) is 3.12. The van der Waals surface area contributed by atoms with E-state index >= 15 is 0 Å². The minimum absolute atomic E-state index is 0.973. The zero-order valence-electron chi connectivity index (χ0n) is 11.3. The van der Waals surface area contributed by atoms with Crippen molar-refractivity contribution in [1.29, 1.82) is 0 Å². The summed E-state index contributed by atoms with van der Waals surface area (Å²) in [7, 11) is 0. The third-order valence-electron chi connectivity index (χ3n) is 2.85. The van der Waals surface area contributed by atoms with Crippen LogP contribution in [0, 0.1) is 19.8 Å². The van der Waals surface area contributed by atoms with Crippen molar-refractivity contribution in [3.05, 3.63) is 35.4 Å². The van der Waals surface area contributed by atoms with Gasteiger partial charge in [-0.1, -0.05) is 42.3 Å². The largest absolute Gasteiger partial charge is 0.317 e. The molecule has 0 spiro atoms. The molecule has 0 aliphatic carbocycles. The van der Waals surface area contributed by atoms with Crippen molar-refractivity contribution in [2.45, 2.75) is 33.6 Å². The molecule has 2 nitrogen and oxygen atoms in total. The average Bonchev–Trinajstić information content (AvgIpc) is 2.37. The molecular weight excluding hydrogens is 210 g/mol. The fourth-order valence-corrected chi connectivity index (χ4v) is 1.60. The summed E-state index contributed by atoms with van der Waals surface area (Å²) in [6.45, 7) is 11.0. The van der Waals surface area contributed by atoms with Gasteiger partial charge in [-0.15, -0.1) is 0 Å². The predicted molar refractivity (Wildman–Crippen MR) is 74.3 cm³/mol. The average molecular weight is 235 g/mol. The van der Waals surface area contributed by atoms with Crippen LogP contribution in [-0.4, -0.2) is 19.9 Å². The number of hydrogen-bond donors (Lipinski definition) is 1. The molecule has 0 aromatic heterocycles. The molecule has 17 heavy (non-hydrogen) atoms. The first-order valence-corrected chi connectivity index (χ1v) is 6.21. The molecule has 0 bridgehead atoms. The minimum Gasteiger partial charge on any atom is -0.317 e. The number of benzene rings is 1. The highest BCUT2D eigenvalue weighted by Crippen LogP contribution is 2.08. The lowest BCUT2D eigenvalue weighted by Crippen LogP contribution is -2.26. The van der Waals surface area contributed by atoms with Gasteiger partial charge in [-0.3, -0.25) is 0 Å². The van der Waals surface area contributed by atoms with Gasteiger partial charge >= 0.3 is 0 Å². The molecule has 0 amide bonds. The van der Waals surface area contributed by atoms with Gasteiger partial charge in [-0.2, -0.15) is 0 Å². The van der Waals surface area contributed by atoms with Crippen LogP contribution >= 0.6 is 0 Å². The van der Waals surface area contributed by atoms with Gasteiger partial charge in [0.15, 0.2) is 0 Å². The standard InChI is InChI=1S/C8H10.C6H13N.CH2O/c1-7-3-5-8(2)6-4-7;1-6-2-4-7-5-3-6;1-2/h3-6H,1-2H3;6-7H,2-5H2,1H3;1H2. The Bertz CT molecular complexity index is 254. The molecule has 0 unspecified atom stereocenters. The van der Waals surface area contributed by atoms with Gasteiger partial charge < -0.3 is 10.1 Å². The molecular formula is C15H25NO. The molecule has 1 heterocycles. The molecule has 1 aliphatic heterocycles. The molecule has 1 aromatic rings. The summed E-state index contributed by atoms with van der Waals surface area (Å²) < 4.78 is 0. The quantitative estimate of drug-likeness (QED) is 0.748. The summed E-state index contributed by atoms with van der Waals surface area (Å²) in [4.78, 5) is 8.00. The van der Waals surface area contributed by atoms with Crippen LogP contribution in [0.1, 0.15) is 30.9 Å². The van der Waals surface area contributed by atoms with Crippen molar-refractivity contribution in [2.75, 3.05) is 13.1 Å². The summed E-state index contributed by atoms with van der Waals surface area (Å²) in [5.74, 6) is 0.973. The van der Waals surface area contributed by atoms with E-state index in [2.05, 4.69) is 50.4 Å². The summed E-state index contributed by atoms with van der Waals surface area (Å²) in [6.07, 6.45) is 2.75. The number of rotatable bonds is 0. The van der Waals surface area contributed by atoms with Crippen LogP contribution in [0.3, 0.4) is 0 Å². The van der Waals surface area contributed by atoms with Gasteiger partial charge in [0, 0.05) is 0 Å². The highest BCUT2D eigenvalue weighted by Gasteiger charge is 2.04. The highest BCUT2D eigenvalue weighted by molar-refractivity contribution is 5.19. The Morgan fingerprint density at radius 1 is 1.00 bits per heavy atom. The highest BCUT2D eigenvalue weighted by atomic mass is 16.1. The maximum Gasteiger partial charge on any atom is 0.106 e. The molecule has 2 heteroatoms. The Balaban J connectivity index is 0.000000265. The second kappa shape index (κ2) is 10.0. The monoisotopic (exact) mass is 235 g/mol. The third kappa shape index (κ3) is 8.64. The van der Waals surface area contributed by atoms with E-state index in [-0.39, 0.29) is 0 Å².